The van der Waals surface area contributed by atoms with Crippen LogP contribution >= 0.6 is 11.6 Å². The van der Waals surface area contributed by atoms with E-state index in [0.29, 0.717) is 72.7 Å². The highest BCUT2D eigenvalue weighted by Crippen LogP contribution is 2.35. The zero-order chi connectivity index (χ0) is 25.2. The molecule has 3 aliphatic rings. The first kappa shape index (κ1) is 24.4. The fourth-order valence-electron chi connectivity index (χ4n) is 4.79. The minimum atomic E-state index is -0.659. The molecular formula is C24H28ClN7O4. The normalized spacial score (nSPS) is 25.1. The monoisotopic (exact) mass is 513 g/mol. The second-order valence-corrected chi connectivity index (χ2v) is 9.54. The van der Waals surface area contributed by atoms with E-state index in [0.717, 1.165) is 0 Å². The summed E-state index contributed by atoms with van der Waals surface area (Å²) in [6.45, 7) is 2.24. The van der Waals surface area contributed by atoms with Crippen molar-refractivity contribution >= 4 is 47.0 Å². The molecule has 0 saturated carbocycles. The Labute approximate surface area is 213 Å². The van der Waals surface area contributed by atoms with E-state index in [1.807, 2.05) is 4.90 Å². The van der Waals surface area contributed by atoms with Crippen LogP contribution in [0.2, 0.25) is 5.02 Å². The molecule has 1 aromatic carbocycles. The lowest BCUT2D eigenvalue weighted by atomic mass is 10.0. The quantitative estimate of drug-likeness (QED) is 0.484. The van der Waals surface area contributed by atoms with Crippen LogP contribution in [0.1, 0.15) is 24.3 Å². The Balaban J connectivity index is 1.44. The molecular weight excluding hydrogens is 486 g/mol. The minimum Gasteiger partial charge on any atom is -0.491 e. The molecule has 0 spiro atoms. The number of carbonyl (C=O) groups is 2. The van der Waals surface area contributed by atoms with Gasteiger partial charge in [-0.05, 0) is 25.0 Å². The fraction of sp³-hybridized carbons (Fsp3) is 0.458. The number of aliphatic hydroxyl groups is 1. The van der Waals surface area contributed by atoms with Gasteiger partial charge in [-0.3, -0.25) is 19.5 Å². The van der Waals surface area contributed by atoms with E-state index < -0.39 is 18.1 Å². The average molecular weight is 514 g/mol. The maximum Gasteiger partial charge on any atom is 0.239 e. The third kappa shape index (κ3) is 4.99. The summed E-state index contributed by atoms with van der Waals surface area (Å²) >= 11 is 6.34. The van der Waals surface area contributed by atoms with Crippen LogP contribution in [0, 0.1) is 0 Å². The van der Waals surface area contributed by atoms with Crippen LogP contribution in [0.5, 0.6) is 5.75 Å². The van der Waals surface area contributed by atoms with Gasteiger partial charge in [0.05, 0.1) is 28.4 Å². The van der Waals surface area contributed by atoms with Crippen molar-refractivity contribution in [2.45, 2.75) is 30.9 Å². The number of ether oxygens (including phenoxy) is 1. The zero-order valence-corrected chi connectivity index (χ0v) is 20.6. The highest BCUT2D eigenvalue weighted by atomic mass is 35.5. The Morgan fingerprint density at radius 1 is 1.19 bits per heavy atom. The number of rotatable bonds is 0. The van der Waals surface area contributed by atoms with Gasteiger partial charge in [0.15, 0.2) is 0 Å². The summed E-state index contributed by atoms with van der Waals surface area (Å²) in [5.74, 6) is 0.524. The number of anilines is 2. The number of aliphatic imine (C=N–C) groups is 1. The van der Waals surface area contributed by atoms with E-state index in [2.05, 4.69) is 25.6 Å². The number of nitrogens with zero attached hydrogens (tertiary/aromatic N) is 5. The first-order valence-electron chi connectivity index (χ1n) is 11.9. The molecule has 11 nitrogen and oxygen atoms in total. The van der Waals surface area contributed by atoms with Gasteiger partial charge in [0.1, 0.15) is 36.2 Å². The van der Waals surface area contributed by atoms with Crippen molar-refractivity contribution in [1.29, 1.82) is 0 Å². The molecule has 0 radical (unpaired) electrons. The maximum absolute atomic E-state index is 13.1. The van der Waals surface area contributed by atoms with Gasteiger partial charge < -0.3 is 25.4 Å². The van der Waals surface area contributed by atoms with Crippen LogP contribution in [-0.2, 0) is 9.59 Å². The largest absolute Gasteiger partial charge is 0.491 e. The number of benzene rings is 1. The predicted octanol–water partition coefficient (Wildman–Crippen LogP) is 1.66. The molecule has 5 rings (SSSR count). The second kappa shape index (κ2) is 10.4. The molecule has 2 bridgehead atoms. The third-order valence-electron chi connectivity index (χ3n) is 6.65. The Morgan fingerprint density at radius 2 is 2.03 bits per heavy atom. The zero-order valence-electron chi connectivity index (χ0n) is 19.9. The van der Waals surface area contributed by atoms with Crippen molar-refractivity contribution in [2.75, 3.05) is 50.5 Å². The number of likely N-dealkylation sites (N-methyl/N-ethyl adjacent to an activating group) is 1. The molecule has 1 aromatic heterocycles. The molecule has 4 heterocycles. The van der Waals surface area contributed by atoms with Crippen molar-refractivity contribution in [3.8, 4) is 5.75 Å². The molecule has 2 amide bonds. The number of amides is 2. The topological polar surface area (TPSA) is 132 Å². The van der Waals surface area contributed by atoms with Gasteiger partial charge >= 0.3 is 0 Å². The molecule has 2 aromatic rings. The third-order valence-corrected chi connectivity index (χ3v) is 6.96. The lowest BCUT2D eigenvalue weighted by Crippen LogP contribution is -2.45. The van der Waals surface area contributed by atoms with Gasteiger partial charge in [0.25, 0.3) is 0 Å². The van der Waals surface area contributed by atoms with Crippen molar-refractivity contribution in [2.24, 2.45) is 4.99 Å². The Bertz CT molecular complexity index is 1190. The van der Waals surface area contributed by atoms with Gasteiger partial charge in [-0.2, -0.15) is 0 Å². The number of nitrogens with one attached hydrogen (secondary N) is 2. The van der Waals surface area contributed by atoms with E-state index in [1.54, 1.807) is 36.4 Å². The number of aromatic nitrogens is 2. The molecule has 3 atom stereocenters. The van der Waals surface area contributed by atoms with Crippen molar-refractivity contribution in [1.82, 2.24) is 19.8 Å². The van der Waals surface area contributed by atoms with E-state index in [-0.39, 0.29) is 18.4 Å². The summed E-state index contributed by atoms with van der Waals surface area (Å²) < 4.78 is 5.93. The summed E-state index contributed by atoms with van der Waals surface area (Å²) in [6.07, 6.45) is 3.47. The van der Waals surface area contributed by atoms with Gasteiger partial charge in [-0.25, -0.2) is 9.97 Å². The lowest BCUT2D eigenvalue weighted by Gasteiger charge is -2.27. The van der Waals surface area contributed by atoms with Crippen LogP contribution in [-0.4, -0.2) is 94.9 Å². The van der Waals surface area contributed by atoms with Gasteiger partial charge in [0, 0.05) is 45.5 Å². The fourth-order valence-corrected chi connectivity index (χ4v) is 4.96. The standard InChI is InChI=1S/C24H28ClN7O4/c1-31-6-2-5-26-21-20-16(23(34)30-22(20)29-13-28-21)11-27-14-3-4-17(25)19(9-14)36-8-7-32-12-15(33)10-18(32)24(31)35/h3-4,9,11,13,15-16,18,33H,2,5-8,10,12H2,1H3,(H2,26,28,29,30,34)/t15-,16?,18-/m1/s1. The maximum atomic E-state index is 13.1. The van der Waals surface area contributed by atoms with Crippen LogP contribution in [0.3, 0.4) is 0 Å². The predicted molar refractivity (Wildman–Crippen MR) is 135 cm³/mol. The molecule has 1 fully saturated rings. The highest BCUT2D eigenvalue weighted by Gasteiger charge is 2.37. The summed E-state index contributed by atoms with van der Waals surface area (Å²) in [7, 11) is 1.77. The number of hydrogen-bond acceptors (Lipinski definition) is 9. The summed E-state index contributed by atoms with van der Waals surface area (Å²) in [5.41, 5.74) is 1.21. The molecule has 0 aliphatic carbocycles. The van der Waals surface area contributed by atoms with E-state index >= 15 is 0 Å². The van der Waals surface area contributed by atoms with Gasteiger partial charge in [-0.1, -0.05) is 11.6 Å². The van der Waals surface area contributed by atoms with Crippen LogP contribution < -0.4 is 15.4 Å². The van der Waals surface area contributed by atoms with Gasteiger partial charge in [-0.15, -0.1) is 0 Å². The summed E-state index contributed by atoms with van der Waals surface area (Å²) in [4.78, 5) is 42.5. The SMILES string of the molecule is CN1CCCNc2ncnc3c2C(C=Nc2ccc(Cl)c(c2)OCCN2C[C@H](O)C[C@@H]2C1=O)C(=O)N3. The smallest absolute Gasteiger partial charge is 0.239 e. The molecule has 3 aliphatic heterocycles. The summed E-state index contributed by atoms with van der Waals surface area (Å²) in [5, 5.41) is 16.7. The van der Waals surface area contributed by atoms with Crippen molar-refractivity contribution < 1.29 is 19.4 Å². The van der Waals surface area contributed by atoms with Crippen molar-refractivity contribution in [3.63, 3.8) is 0 Å². The Hall–Kier alpha value is -3.28. The van der Waals surface area contributed by atoms with Gasteiger partial charge in [0.2, 0.25) is 11.8 Å². The minimum absolute atomic E-state index is 0.0318. The van der Waals surface area contributed by atoms with E-state index in [1.165, 1.54) is 6.33 Å². The molecule has 3 N–H and O–H groups in total. The molecule has 1 saturated heterocycles. The van der Waals surface area contributed by atoms with E-state index in [9.17, 15) is 14.7 Å². The molecule has 36 heavy (non-hydrogen) atoms. The first-order chi connectivity index (χ1) is 17.4. The average Bonchev–Trinajstić information content (AvgIpc) is 3.39. The van der Waals surface area contributed by atoms with Crippen LogP contribution in [0.15, 0.2) is 29.5 Å². The molecule has 12 heteroatoms. The lowest BCUT2D eigenvalue weighted by molar-refractivity contribution is -0.134. The second-order valence-electron chi connectivity index (χ2n) is 9.13. The summed E-state index contributed by atoms with van der Waals surface area (Å²) in [6, 6.07) is 4.73. The number of aliphatic hydroxyl groups excluding tert-OH is 1. The highest BCUT2D eigenvalue weighted by molar-refractivity contribution is 6.32. The Morgan fingerprint density at radius 3 is 2.89 bits per heavy atom. The molecule has 190 valence electrons. The van der Waals surface area contributed by atoms with E-state index in [4.69, 9.17) is 16.3 Å². The van der Waals surface area contributed by atoms with Crippen LogP contribution in [0.4, 0.5) is 17.3 Å². The van der Waals surface area contributed by atoms with Crippen LogP contribution in [0.25, 0.3) is 0 Å². The number of carbonyl (C=O) groups excluding carboxylic acids is 2. The molecule has 1 unspecified atom stereocenters. The Kier molecular flexibility index (Phi) is 7.04. The number of fused-ring (bicyclic) bond motifs is 3. The first-order valence-corrected chi connectivity index (χ1v) is 12.3. The van der Waals surface area contributed by atoms with Crippen molar-refractivity contribution in [3.05, 3.63) is 35.1 Å². The number of halogens is 1. The number of hydrogen-bond donors (Lipinski definition) is 3.